The zero-order chi connectivity index (χ0) is 20.5. The maximum absolute atomic E-state index is 12.8. The molecule has 30 heavy (non-hydrogen) atoms. The van der Waals surface area contributed by atoms with Gasteiger partial charge in [-0.1, -0.05) is 0 Å². The predicted molar refractivity (Wildman–Crippen MR) is 111 cm³/mol. The third-order valence-electron chi connectivity index (χ3n) is 5.61. The van der Waals surface area contributed by atoms with Gasteiger partial charge in [0.05, 0.1) is 12.1 Å². The number of benzene rings is 1. The number of hydrogen-bond donors (Lipinski definition) is 0. The summed E-state index contributed by atoms with van der Waals surface area (Å²) in [5, 5.41) is 11.6. The Kier molecular flexibility index (Phi) is 4.78. The number of hydrogen-bond acceptors (Lipinski definition) is 7. The standard InChI is InChI=1S/C21H23N7O2/c1-26-19(23-24-25-26)15-5-7-17(8-6-15)28-11-12-30-18-13-16(14-22-20(18)28)21(29)27-9-3-2-4-10-27/h5-8,13-14H,2-4,9-12H2,1H3. The smallest absolute Gasteiger partial charge is 0.255 e. The van der Waals surface area contributed by atoms with E-state index in [-0.39, 0.29) is 5.91 Å². The quantitative estimate of drug-likeness (QED) is 0.661. The monoisotopic (exact) mass is 405 g/mol. The highest BCUT2D eigenvalue weighted by Gasteiger charge is 2.25. The molecule has 1 fully saturated rings. The van der Waals surface area contributed by atoms with Gasteiger partial charge in [-0.2, -0.15) is 0 Å². The highest BCUT2D eigenvalue weighted by Crippen LogP contribution is 2.36. The summed E-state index contributed by atoms with van der Waals surface area (Å²) in [5.74, 6) is 2.12. The molecule has 0 saturated carbocycles. The van der Waals surface area contributed by atoms with Gasteiger partial charge in [0.15, 0.2) is 17.4 Å². The molecule has 0 spiro atoms. The Bertz CT molecular complexity index is 1060. The zero-order valence-electron chi connectivity index (χ0n) is 16.9. The fourth-order valence-electron chi connectivity index (χ4n) is 4.01. The number of ether oxygens (including phenoxy) is 1. The summed E-state index contributed by atoms with van der Waals surface area (Å²) in [6.45, 7) is 2.85. The third kappa shape index (κ3) is 3.36. The van der Waals surface area contributed by atoms with E-state index in [9.17, 15) is 4.79 Å². The van der Waals surface area contributed by atoms with Crippen LogP contribution in [0.1, 0.15) is 29.6 Å². The topological polar surface area (TPSA) is 89.3 Å². The number of carbonyl (C=O) groups excluding carboxylic acids is 1. The van der Waals surface area contributed by atoms with Gasteiger partial charge in [0, 0.05) is 37.6 Å². The van der Waals surface area contributed by atoms with Crippen LogP contribution in [0.25, 0.3) is 11.4 Å². The molecule has 3 aromatic rings. The molecule has 9 nitrogen and oxygen atoms in total. The number of amides is 1. The van der Waals surface area contributed by atoms with E-state index < -0.39 is 0 Å². The van der Waals surface area contributed by atoms with Crippen LogP contribution >= 0.6 is 0 Å². The van der Waals surface area contributed by atoms with Crippen molar-refractivity contribution in [1.82, 2.24) is 30.1 Å². The maximum Gasteiger partial charge on any atom is 0.255 e. The Labute approximate surface area is 174 Å². The van der Waals surface area contributed by atoms with Gasteiger partial charge < -0.3 is 14.5 Å². The van der Waals surface area contributed by atoms with Gasteiger partial charge in [0.2, 0.25) is 0 Å². The lowest BCUT2D eigenvalue weighted by molar-refractivity contribution is 0.0723. The Morgan fingerprint density at radius 1 is 1.07 bits per heavy atom. The number of piperidine rings is 1. The lowest BCUT2D eigenvalue weighted by atomic mass is 10.1. The van der Waals surface area contributed by atoms with E-state index in [2.05, 4.69) is 25.4 Å². The second kappa shape index (κ2) is 7.74. The van der Waals surface area contributed by atoms with Crippen LogP contribution in [0.4, 0.5) is 11.5 Å². The van der Waals surface area contributed by atoms with Crippen molar-refractivity contribution in [2.24, 2.45) is 7.05 Å². The number of fused-ring (bicyclic) bond motifs is 1. The fraction of sp³-hybridized carbons (Fsp3) is 0.381. The Morgan fingerprint density at radius 2 is 1.87 bits per heavy atom. The summed E-state index contributed by atoms with van der Waals surface area (Å²) >= 11 is 0. The highest BCUT2D eigenvalue weighted by atomic mass is 16.5. The first-order valence-corrected chi connectivity index (χ1v) is 10.2. The molecule has 1 amide bonds. The Balaban J connectivity index is 1.40. The van der Waals surface area contributed by atoms with Crippen LogP contribution in [-0.4, -0.2) is 62.2 Å². The van der Waals surface area contributed by atoms with Gasteiger partial charge in [0.1, 0.15) is 6.61 Å². The van der Waals surface area contributed by atoms with Crippen LogP contribution in [0.15, 0.2) is 36.5 Å². The van der Waals surface area contributed by atoms with Gasteiger partial charge in [0.25, 0.3) is 5.91 Å². The fourth-order valence-corrected chi connectivity index (χ4v) is 4.01. The van der Waals surface area contributed by atoms with Crippen molar-refractivity contribution in [3.05, 3.63) is 42.1 Å². The molecule has 2 aromatic heterocycles. The minimum atomic E-state index is 0.0346. The van der Waals surface area contributed by atoms with Crippen LogP contribution in [-0.2, 0) is 7.05 Å². The number of nitrogens with zero attached hydrogens (tertiary/aromatic N) is 7. The lowest BCUT2D eigenvalue weighted by Gasteiger charge is -2.31. The van der Waals surface area contributed by atoms with Gasteiger partial charge in [-0.3, -0.25) is 4.79 Å². The molecule has 1 aromatic carbocycles. The molecule has 0 unspecified atom stereocenters. The number of pyridine rings is 1. The number of rotatable bonds is 3. The summed E-state index contributed by atoms with van der Waals surface area (Å²) in [4.78, 5) is 21.4. The van der Waals surface area contributed by atoms with E-state index in [1.165, 1.54) is 6.42 Å². The molecule has 154 valence electrons. The van der Waals surface area contributed by atoms with Crippen molar-refractivity contribution in [3.63, 3.8) is 0 Å². The van der Waals surface area contributed by atoms with Gasteiger partial charge in [-0.15, -0.1) is 5.10 Å². The second-order valence-corrected chi connectivity index (χ2v) is 7.57. The molecule has 0 bridgehead atoms. The van der Waals surface area contributed by atoms with Gasteiger partial charge in [-0.25, -0.2) is 9.67 Å². The van der Waals surface area contributed by atoms with Crippen LogP contribution in [0, 0.1) is 0 Å². The zero-order valence-corrected chi connectivity index (χ0v) is 16.9. The molecular weight excluding hydrogens is 382 g/mol. The summed E-state index contributed by atoms with van der Waals surface area (Å²) in [6, 6.07) is 9.85. The van der Waals surface area contributed by atoms with Crippen LogP contribution < -0.4 is 9.64 Å². The molecule has 0 radical (unpaired) electrons. The van der Waals surface area contributed by atoms with E-state index >= 15 is 0 Å². The molecule has 5 rings (SSSR count). The van der Waals surface area contributed by atoms with Gasteiger partial charge in [-0.05, 0) is 60.0 Å². The van der Waals surface area contributed by atoms with Gasteiger partial charge >= 0.3 is 0 Å². The number of aryl methyl sites for hydroxylation is 1. The average molecular weight is 405 g/mol. The number of anilines is 2. The van der Waals surface area contributed by atoms with E-state index in [1.54, 1.807) is 10.9 Å². The van der Waals surface area contributed by atoms with Crippen molar-refractivity contribution in [2.75, 3.05) is 31.1 Å². The largest absolute Gasteiger partial charge is 0.488 e. The van der Waals surface area contributed by atoms with Crippen LogP contribution in [0.5, 0.6) is 5.75 Å². The van der Waals surface area contributed by atoms with Crippen molar-refractivity contribution in [3.8, 4) is 17.1 Å². The van der Waals surface area contributed by atoms with E-state index in [0.717, 1.165) is 43.0 Å². The number of carbonyl (C=O) groups is 1. The normalized spacial score (nSPS) is 16.2. The molecule has 0 N–H and O–H groups in total. The minimum Gasteiger partial charge on any atom is -0.488 e. The summed E-state index contributed by atoms with van der Waals surface area (Å²) in [7, 11) is 1.81. The first-order valence-electron chi connectivity index (χ1n) is 10.2. The molecule has 9 heteroatoms. The summed E-state index contributed by atoms with van der Waals surface area (Å²) in [6.07, 6.45) is 4.98. The molecule has 4 heterocycles. The molecular formula is C21H23N7O2. The molecule has 0 atom stereocenters. The predicted octanol–water partition coefficient (Wildman–Crippen LogP) is 2.43. The minimum absolute atomic E-state index is 0.0346. The molecule has 1 saturated heterocycles. The number of aromatic nitrogens is 5. The summed E-state index contributed by atoms with van der Waals surface area (Å²) in [5.41, 5.74) is 2.53. The first-order chi connectivity index (χ1) is 14.7. The third-order valence-corrected chi connectivity index (χ3v) is 5.61. The number of tetrazole rings is 1. The first kappa shape index (κ1) is 18.5. The summed E-state index contributed by atoms with van der Waals surface area (Å²) < 4.78 is 7.49. The highest BCUT2D eigenvalue weighted by molar-refractivity contribution is 5.95. The van der Waals surface area contributed by atoms with Crippen molar-refractivity contribution < 1.29 is 9.53 Å². The second-order valence-electron chi connectivity index (χ2n) is 7.57. The SMILES string of the molecule is Cn1nnnc1-c1ccc(N2CCOc3cc(C(=O)N4CCCCC4)cnc32)cc1. The van der Waals surface area contributed by atoms with Crippen LogP contribution in [0.2, 0.25) is 0 Å². The van der Waals surface area contributed by atoms with Crippen LogP contribution in [0.3, 0.4) is 0 Å². The molecule has 0 aliphatic carbocycles. The number of likely N-dealkylation sites (tertiary alicyclic amines) is 1. The Morgan fingerprint density at radius 3 is 2.60 bits per heavy atom. The molecule has 2 aliphatic heterocycles. The maximum atomic E-state index is 12.8. The van der Waals surface area contributed by atoms with E-state index in [0.29, 0.717) is 30.3 Å². The lowest BCUT2D eigenvalue weighted by Crippen LogP contribution is -2.36. The van der Waals surface area contributed by atoms with E-state index in [1.807, 2.05) is 42.3 Å². The Hall–Kier alpha value is -3.49. The average Bonchev–Trinajstić information content (AvgIpc) is 3.24. The van der Waals surface area contributed by atoms with Crippen molar-refractivity contribution in [2.45, 2.75) is 19.3 Å². The van der Waals surface area contributed by atoms with E-state index in [4.69, 9.17) is 4.74 Å². The van der Waals surface area contributed by atoms with Crippen molar-refractivity contribution in [1.29, 1.82) is 0 Å². The molecule has 2 aliphatic rings. The van der Waals surface area contributed by atoms with Crippen molar-refractivity contribution >= 4 is 17.4 Å².